The van der Waals surface area contributed by atoms with Gasteiger partial charge in [-0.1, -0.05) is 0 Å². The van der Waals surface area contributed by atoms with Crippen LogP contribution in [0.1, 0.15) is 31.4 Å². The second-order valence-corrected chi connectivity index (χ2v) is 5.05. The van der Waals surface area contributed by atoms with Crippen LogP contribution >= 0.6 is 0 Å². The average Bonchev–Trinajstić information content (AvgIpc) is 2.90. The molecule has 1 atom stereocenters. The third kappa shape index (κ3) is 2.20. The largest absolute Gasteiger partial charge is 0.458 e. The molecule has 2 aliphatic heterocycles. The summed E-state index contributed by atoms with van der Waals surface area (Å²) in [4.78, 5) is 13.6. The van der Waals surface area contributed by atoms with Crippen molar-refractivity contribution in [2.24, 2.45) is 0 Å². The Morgan fingerprint density at radius 3 is 3.18 bits per heavy atom. The van der Waals surface area contributed by atoms with E-state index in [9.17, 15) is 4.79 Å². The number of nitrogens with one attached hydrogen (secondary N) is 1. The van der Waals surface area contributed by atoms with Crippen LogP contribution < -0.4 is 0 Å². The van der Waals surface area contributed by atoms with E-state index in [1.165, 1.54) is 0 Å². The predicted octanol–water partition coefficient (Wildman–Crippen LogP) is 1.08. The molecule has 5 heteroatoms. The maximum absolute atomic E-state index is 11.3. The Labute approximate surface area is 100 Å². The first kappa shape index (κ1) is 10.8. The lowest BCUT2D eigenvalue weighted by Crippen LogP contribution is -2.47. The van der Waals surface area contributed by atoms with Crippen molar-refractivity contribution in [1.29, 1.82) is 0 Å². The molecule has 17 heavy (non-hydrogen) atoms. The molecule has 3 rings (SSSR count). The zero-order chi connectivity index (χ0) is 11.7. The van der Waals surface area contributed by atoms with E-state index in [0.29, 0.717) is 6.42 Å². The normalized spacial score (nSPS) is 29.8. The summed E-state index contributed by atoms with van der Waals surface area (Å²) in [5.41, 5.74) is 0.918. The lowest BCUT2D eigenvalue weighted by atomic mass is 9.90. The minimum absolute atomic E-state index is 0.0339. The zero-order valence-corrected chi connectivity index (χ0v) is 9.82. The molecule has 2 saturated heterocycles. The van der Waals surface area contributed by atoms with Crippen molar-refractivity contribution in [2.75, 3.05) is 13.1 Å². The molecule has 1 N–H and O–H groups in total. The lowest BCUT2D eigenvalue weighted by Gasteiger charge is -2.38. The molecular formula is C12H17N3O2. The van der Waals surface area contributed by atoms with Gasteiger partial charge in [0.2, 0.25) is 0 Å². The number of carbonyl (C=O) groups excluding carboxylic acids is 1. The standard InChI is InChI=1S/C12H17N3O2/c16-11-2-5-12(17-11)4-1-7-15(9-12)8-10-3-6-13-14-10/h3,6H,1-2,4-5,7-9H2,(H,13,14)/t12-/m1/s1. The molecule has 0 saturated carbocycles. The Morgan fingerprint density at radius 1 is 1.53 bits per heavy atom. The molecule has 0 unspecified atom stereocenters. The number of hydrogen-bond donors (Lipinski definition) is 1. The Bertz CT molecular complexity index is 404. The Morgan fingerprint density at radius 2 is 2.47 bits per heavy atom. The molecule has 2 aliphatic rings. The van der Waals surface area contributed by atoms with E-state index in [4.69, 9.17) is 4.74 Å². The molecule has 0 bridgehead atoms. The smallest absolute Gasteiger partial charge is 0.306 e. The average molecular weight is 235 g/mol. The topological polar surface area (TPSA) is 58.2 Å². The van der Waals surface area contributed by atoms with Crippen LogP contribution in [0, 0.1) is 0 Å². The monoisotopic (exact) mass is 235 g/mol. The van der Waals surface area contributed by atoms with E-state index < -0.39 is 0 Å². The Kier molecular flexibility index (Phi) is 2.63. The van der Waals surface area contributed by atoms with Crippen LogP contribution in [0.5, 0.6) is 0 Å². The minimum atomic E-state index is -0.199. The molecule has 5 nitrogen and oxygen atoms in total. The number of rotatable bonds is 2. The lowest BCUT2D eigenvalue weighted by molar-refractivity contribution is -0.152. The maximum atomic E-state index is 11.3. The number of hydrogen-bond acceptors (Lipinski definition) is 4. The highest BCUT2D eigenvalue weighted by atomic mass is 16.6. The molecule has 0 amide bonds. The first-order valence-electron chi connectivity index (χ1n) is 6.18. The molecule has 92 valence electrons. The first-order valence-corrected chi connectivity index (χ1v) is 6.18. The number of nitrogens with zero attached hydrogens (tertiary/aromatic N) is 2. The predicted molar refractivity (Wildman–Crippen MR) is 61.2 cm³/mol. The SMILES string of the molecule is O=C1CC[C@@]2(CCCN(Cc3ccn[nH]3)C2)O1. The maximum Gasteiger partial charge on any atom is 0.306 e. The summed E-state index contributed by atoms with van der Waals surface area (Å²) in [6.45, 7) is 2.79. The van der Waals surface area contributed by atoms with Gasteiger partial charge in [0.1, 0.15) is 5.60 Å². The van der Waals surface area contributed by atoms with Gasteiger partial charge in [-0.05, 0) is 31.9 Å². The van der Waals surface area contributed by atoms with Gasteiger partial charge in [0, 0.05) is 31.4 Å². The first-order chi connectivity index (χ1) is 8.26. The summed E-state index contributed by atoms with van der Waals surface area (Å²) < 4.78 is 5.53. The fraction of sp³-hybridized carbons (Fsp3) is 0.667. The van der Waals surface area contributed by atoms with Gasteiger partial charge in [0.15, 0.2) is 0 Å². The molecular weight excluding hydrogens is 218 g/mol. The number of carbonyl (C=O) groups is 1. The molecule has 0 aromatic carbocycles. The van der Waals surface area contributed by atoms with Gasteiger partial charge in [-0.25, -0.2) is 0 Å². The van der Waals surface area contributed by atoms with Crippen molar-refractivity contribution in [3.63, 3.8) is 0 Å². The van der Waals surface area contributed by atoms with E-state index in [-0.39, 0.29) is 11.6 Å². The summed E-state index contributed by atoms with van der Waals surface area (Å²) in [5.74, 6) is -0.0339. The highest BCUT2D eigenvalue weighted by Crippen LogP contribution is 2.35. The molecule has 1 aromatic heterocycles. The zero-order valence-electron chi connectivity index (χ0n) is 9.82. The number of ether oxygens (including phenoxy) is 1. The number of piperidine rings is 1. The van der Waals surface area contributed by atoms with E-state index >= 15 is 0 Å². The third-order valence-corrected chi connectivity index (χ3v) is 3.69. The van der Waals surface area contributed by atoms with Gasteiger partial charge >= 0.3 is 5.97 Å². The van der Waals surface area contributed by atoms with E-state index in [0.717, 1.165) is 44.6 Å². The quantitative estimate of drug-likeness (QED) is 0.779. The number of H-pyrrole nitrogens is 1. The number of aromatic nitrogens is 2. The minimum Gasteiger partial charge on any atom is -0.458 e. The van der Waals surface area contributed by atoms with Crippen LogP contribution in [0.3, 0.4) is 0 Å². The van der Waals surface area contributed by atoms with Crippen LogP contribution in [-0.4, -0.2) is 39.8 Å². The molecule has 0 radical (unpaired) electrons. The molecule has 1 aromatic rings. The summed E-state index contributed by atoms with van der Waals surface area (Å²) in [5, 5.41) is 6.92. The fourth-order valence-corrected chi connectivity index (χ4v) is 2.90. The van der Waals surface area contributed by atoms with Gasteiger partial charge < -0.3 is 4.74 Å². The highest BCUT2D eigenvalue weighted by Gasteiger charge is 2.43. The second kappa shape index (κ2) is 4.14. The summed E-state index contributed by atoms with van der Waals surface area (Å²) in [6, 6.07) is 1.99. The number of esters is 1. The van der Waals surface area contributed by atoms with E-state index in [1.54, 1.807) is 6.20 Å². The van der Waals surface area contributed by atoms with E-state index in [1.807, 2.05) is 6.07 Å². The van der Waals surface area contributed by atoms with Crippen molar-refractivity contribution in [1.82, 2.24) is 15.1 Å². The van der Waals surface area contributed by atoms with Crippen molar-refractivity contribution in [3.8, 4) is 0 Å². The van der Waals surface area contributed by atoms with Crippen LogP contribution in [0.2, 0.25) is 0 Å². The van der Waals surface area contributed by atoms with Crippen LogP contribution in [-0.2, 0) is 16.1 Å². The summed E-state index contributed by atoms with van der Waals surface area (Å²) >= 11 is 0. The van der Waals surface area contributed by atoms with Gasteiger partial charge in [-0.3, -0.25) is 14.8 Å². The molecule has 1 spiro atoms. The summed E-state index contributed by atoms with van der Waals surface area (Å²) in [7, 11) is 0. The van der Waals surface area contributed by atoms with Crippen LogP contribution in [0.4, 0.5) is 0 Å². The Balaban J connectivity index is 1.65. The van der Waals surface area contributed by atoms with Crippen LogP contribution in [0.25, 0.3) is 0 Å². The molecule has 2 fully saturated rings. The van der Waals surface area contributed by atoms with Gasteiger partial charge in [0.05, 0.1) is 0 Å². The van der Waals surface area contributed by atoms with Crippen molar-refractivity contribution in [2.45, 2.75) is 37.8 Å². The number of likely N-dealkylation sites (tertiary alicyclic amines) is 1. The van der Waals surface area contributed by atoms with Gasteiger partial charge in [0.25, 0.3) is 0 Å². The van der Waals surface area contributed by atoms with E-state index in [2.05, 4.69) is 15.1 Å². The summed E-state index contributed by atoms with van der Waals surface area (Å²) in [6.07, 6.45) is 5.34. The highest BCUT2D eigenvalue weighted by molar-refractivity contribution is 5.72. The van der Waals surface area contributed by atoms with Crippen molar-refractivity contribution in [3.05, 3.63) is 18.0 Å². The van der Waals surface area contributed by atoms with Gasteiger partial charge in [-0.15, -0.1) is 0 Å². The fourth-order valence-electron chi connectivity index (χ4n) is 2.90. The number of aromatic amines is 1. The molecule has 0 aliphatic carbocycles. The van der Waals surface area contributed by atoms with Crippen molar-refractivity contribution >= 4 is 5.97 Å². The third-order valence-electron chi connectivity index (χ3n) is 3.69. The second-order valence-electron chi connectivity index (χ2n) is 5.05. The van der Waals surface area contributed by atoms with Crippen molar-refractivity contribution < 1.29 is 9.53 Å². The van der Waals surface area contributed by atoms with Gasteiger partial charge in [-0.2, -0.15) is 5.10 Å². The molecule has 3 heterocycles. The van der Waals surface area contributed by atoms with Crippen LogP contribution in [0.15, 0.2) is 12.3 Å². The Hall–Kier alpha value is -1.36.